The average Bonchev–Trinajstić information content (AvgIpc) is 2.63. The molecule has 10 heteroatoms. The number of hydrogen-bond acceptors (Lipinski definition) is 5. The first-order chi connectivity index (χ1) is 12.7. The lowest BCUT2D eigenvalue weighted by Gasteiger charge is -2.30. The highest BCUT2D eigenvalue weighted by Gasteiger charge is 2.44. The van der Waals surface area contributed by atoms with Crippen LogP contribution in [0.4, 0.5) is 0 Å². The Morgan fingerprint density at radius 2 is 1.63 bits per heavy atom. The molecule has 1 atom stereocenters. The maximum absolute atomic E-state index is 13.2. The lowest BCUT2D eigenvalue weighted by atomic mass is 10.2. The van der Waals surface area contributed by atoms with Crippen molar-refractivity contribution in [2.24, 2.45) is 0 Å². The van der Waals surface area contributed by atoms with Gasteiger partial charge in [-0.05, 0) is 45.9 Å². The van der Waals surface area contributed by atoms with Crippen molar-refractivity contribution in [1.82, 2.24) is 10.2 Å². The van der Waals surface area contributed by atoms with Crippen LogP contribution in [0.2, 0.25) is 10.0 Å². The molecule has 1 rings (SSSR count). The quantitative estimate of drug-likeness (QED) is 0.553. The van der Waals surface area contributed by atoms with Crippen LogP contribution in [0.25, 0.3) is 0 Å². The van der Waals surface area contributed by atoms with E-state index in [1.54, 1.807) is 27.7 Å². The van der Waals surface area contributed by atoms with Gasteiger partial charge in [-0.3, -0.25) is 14.2 Å². The topological polar surface area (TPSA) is 84.9 Å². The Balaban J connectivity index is 3.27. The highest BCUT2D eigenvalue weighted by Crippen LogP contribution is 2.52. The second kappa shape index (κ2) is 11.0. The summed E-state index contributed by atoms with van der Waals surface area (Å²) in [6.45, 7) is 7.71. The summed E-state index contributed by atoms with van der Waals surface area (Å²) in [6, 6.07) is 4.28. The SMILES string of the molecule is CCOP(=O)(OCC)C(NC(=O)c1ccc(Cl)c(Cl)c1)C(=O)N(CC)CC. The molecule has 0 aliphatic rings. The number of likely N-dealkylation sites (N-methyl/N-ethyl adjacent to an activating group) is 1. The number of rotatable bonds is 10. The Morgan fingerprint density at radius 3 is 2.07 bits per heavy atom. The minimum atomic E-state index is -3.94. The van der Waals surface area contributed by atoms with Crippen molar-refractivity contribution in [2.75, 3.05) is 26.3 Å². The van der Waals surface area contributed by atoms with E-state index in [0.717, 1.165) is 0 Å². The number of nitrogens with zero attached hydrogens (tertiary/aromatic N) is 1. The highest BCUT2D eigenvalue weighted by atomic mass is 35.5. The third-order valence-corrected chi connectivity index (χ3v) is 6.65. The largest absolute Gasteiger partial charge is 0.362 e. The molecule has 152 valence electrons. The molecule has 0 radical (unpaired) electrons. The molecule has 7 nitrogen and oxygen atoms in total. The lowest BCUT2D eigenvalue weighted by molar-refractivity contribution is -0.131. The maximum atomic E-state index is 13.2. The van der Waals surface area contributed by atoms with Crippen molar-refractivity contribution in [3.63, 3.8) is 0 Å². The molecular formula is C17H25Cl2N2O5P. The van der Waals surface area contributed by atoms with Gasteiger partial charge in [-0.15, -0.1) is 0 Å². The summed E-state index contributed by atoms with van der Waals surface area (Å²) in [4.78, 5) is 27.0. The highest BCUT2D eigenvalue weighted by molar-refractivity contribution is 7.55. The third kappa shape index (κ3) is 6.19. The zero-order chi connectivity index (χ0) is 20.6. The van der Waals surface area contributed by atoms with Crippen molar-refractivity contribution in [1.29, 1.82) is 0 Å². The molecule has 0 saturated carbocycles. The Hall–Kier alpha value is -1.11. The van der Waals surface area contributed by atoms with E-state index in [2.05, 4.69) is 5.32 Å². The zero-order valence-corrected chi connectivity index (χ0v) is 18.2. The van der Waals surface area contributed by atoms with Crippen LogP contribution >= 0.6 is 30.8 Å². The number of benzene rings is 1. The van der Waals surface area contributed by atoms with E-state index in [0.29, 0.717) is 18.1 Å². The van der Waals surface area contributed by atoms with E-state index >= 15 is 0 Å². The number of carbonyl (C=O) groups excluding carboxylic acids is 2. The Bertz CT molecular complexity index is 703. The van der Waals surface area contributed by atoms with Crippen molar-refractivity contribution in [3.8, 4) is 0 Å². The molecular weight excluding hydrogens is 414 g/mol. The van der Waals surface area contributed by atoms with Gasteiger partial charge in [0.2, 0.25) is 5.78 Å². The van der Waals surface area contributed by atoms with E-state index in [9.17, 15) is 14.2 Å². The Kier molecular flexibility index (Phi) is 9.77. The molecule has 1 N–H and O–H groups in total. The van der Waals surface area contributed by atoms with Crippen molar-refractivity contribution >= 4 is 42.6 Å². The fourth-order valence-electron chi connectivity index (χ4n) is 2.38. The van der Waals surface area contributed by atoms with E-state index < -0.39 is 25.2 Å². The van der Waals surface area contributed by atoms with Gasteiger partial charge in [0, 0.05) is 18.7 Å². The predicted octanol–water partition coefficient (Wildman–Crippen LogP) is 4.18. The van der Waals surface area contributed by atoms with Gasteiger partial charge < -0.3 is 19.3 Å². The van der Waals surface area contributed by atoms with Gasteiger partial charge in [-0.2, -0.15) is 0 Å². The number of carbonyl (C=O) groups is 2. The normalized spacial score (nSPS) is 12.5. The van der Waals surface area contributed by atoms with Crippen LogP contribution in [0.15, 0.2) is 18.2 Å². The summed E-state index contributed by atoms with van der Waals surface area (Å²) in [5.41, 5.74) is 0.168. The summed E-state index contributed by atoms with van der Waals surface area (Å²) in [6.07, 6.45) is 0. The number of halogens is 2. The molecule has 0 bridgehead atoms. The standard InChI is InChI=1S/C17H25Cl2N2O5P/c1-5-21(6-2)17(23)16(27(24,25-7-3)26-8-4)20-15(22)12-9-10-13(18)14(19)11-12/h9-11,16H,5-8H2,1-4H3,(H,20,22). The van der Waals surface area contributed by atoms with Crippen LogP contribution < -0.4 is 5.32 Å². The van der Waals surface area contributed by atoms with E-state index in [1.165, 1.54) is 23.1 Å². The summed E-state index contributed by atoms with van der Waals surface area (Å²) in [7, 11) is -3.94. The van der Waals surface area contributed by atoms with Crippen LogP contribution in [0.3, 0.4) is 0 Å². The first-order valence-electron chi connectivity index (χ1n) is 8.67. The molecule has 27 heavy (non-hydrogen) atoms. The van der Waals surface area contributed by atoms with Gasteiger partial charge in [-0.25, -0.2) is 0 Å². The van der Waals surface area contributed by atoms with Crippen LogP contribution in [0, 0.1) is 0 Å². The maximum Gasteiger partial charge on any atom is 0.362 e. The van der Waals surface area contributed by atoms with Crippen molar-refractivity contribution in [2.45, 2.75) is 33.5 Å². The van der Waals surface area contributed by atoms with Crippen molar-refractivity contribution in [3.05, 3.63) is 33.8 Å². The van der Waals surface area contributed by atoms with Gasteiger partial charge in [0.15, 0.2) is 0 Å². The smallest absolute Gasteiger partial charge is 0.341 e. The minimum absolute atomic E-state index is 0.0575. The number of amides is 2. The van der Waals surface area contributed by atoms with E-state index in [1.807, 2.05) is 0 Å². The molecule has 0 fully saturated rings. The summed E-state index contributed by atoms with van der Waals surface area (Å²) in [5, 5.41) is 2.97. The second-order valence-electron chi connectivity index (χ2n) is 5.39. The summed E-state index contributed by atoms with van der Waals surface area (Å²) in [5.74, 6) is -2.66. The van der Waals surface area contributed by atoms with Gasteiger partial charge in [0.25, 0.3) is 11.8 Å². The molecule has 0 saturated heterocycles. The molecule has 2 amide bonds. The lowest BCUT2D eigenvalue weighted by Crippen LogP contribution is -2.49. The molecule has 1 aromatic rings. The number of nitrogens with one attached hydrogen (secondary N) is 1. The molecule has 0 aromatic heterocycles. The Morgan fingerprint density at radius 1 is 1.07 bits per heavy atom. The number of hydrogen-bond donors (Lipinski definition) is 1. The predicted molar refractivity (Wildman–Crippen MR) is 107 cm³/mol. The first kappa shape index (κ1) is 23.9. The molecule has 1 aromatic carbocycles. The molecule has 1 unspecified atom stereocenters. The van der Waals surface area contributed by atoms with Gasteiger partial charge >= 0.3 is 7.60 Å². The van der Waals surface area contributed by atoms with Crippen LogP contribution in [-0.2, 0) is 18.4 Å². The fourth-order valence-corrected chi connectivity index (χ4v) is 4.48. The third-order valence-electron chi connectivity index (χ3n) is 3.69. The Labute approximate surface area is 169 Å². The first-order valence-corrected chi connectivity index (χ1v) is 11.0. The average molecular weight is 439 g/mol. The van der Waals surface area contributed by atoms with Gasteiger partial charge in [0.05, 0.1) is 23.3 Å². The fraction of sp³-hybridized carbons (Fsp3) is 0.529. The van der Waals surface area contributed by atoms with E-state index in [4.69, 9.17) is 32.2 Å². The summed E-state index contributed by atoms with van der Waals surface area (Å²) >= 11 is 11.8. The molecule has 0 aliphatic carbocycles. The van der Waals surface area contributed by atoms with Crippen LogP contribution in [-0.4, -0.2) is 48.8 Å². The molecule has 0 spiro atoms. The summed E-state index contributed by atoms with van der Waals surface area (Å²) < 4.78 is 23.8. The second-order valence-corrected chi connectivity index (χ2v) is 8.32. The molecule has 0 aliphatic heterocycles. The zero-order valence-electron chi connectivity index (χ0n) is 15.8. The molecule has 0 heterocycles. The van der Waals surface area contributed by atoms with Gasteiger partial charge in [0.1, 0.15) is 0 Å². The minimum Gasteiger partial charge on any atom is -0.341 e. The van der Waals surface area contributed by atoms with Gasteiger partial charge in [-0.1, -0.05) is 23.2 Å². The monoisotopic (exact) mass is 438 g/mol. The van der Waals surface area contributed by atoms with E-state index in [-0.39, 0.29) is 23.8 Å². The van der Waals surface area contributed by atoms with Crippen molar-refractivity contribution < 1.29 is 23.2 Å². The van der Waals surface area contributed by atoms with Crippen LogP contribution in [0.1, 0.15) is 38.1 Å². The van der Waals surface area contributed by atoms with Crippen LogP contribution in [0.5, 0.6) is 0 Å².